The molecular weight excluding hydrogens is 369 g/mol. The first-order valence-electron chi connectivity index (χ1n) is 8.39. The van der Waals surface area contributed by atoms with Crippen molar-refractivity contribution in [1.82, 2.24) is 18.9 Å². The SMILES string of the molecule is CC(C)c1cc(C(F)(F)F)n2nc(C3CCN(S(C)(=O)=O)CC3)cc2n1. The average molecular weight is 390 g/mol. The van der Waals surface area contributed by atoms with Crippen LogP contribution in [0.15, 0.2) is 12.1 Å². The average Bonchev–Trinajstić information content (AvgIpc) is 2.96. The van der Waals surface area contributed by atoms with Gasteiger partial charge in [-0.2, -0.15) is 18.3 Å². The van der Waals surface area contributed by atoms with Crippen molar-refractivity contribution in [3.8, 4) is 0 Å². The first-order chi connectivity index (χ1) is 12.0. The van der Waals surface area contributed by atoms with E-state index in [1.165, 1.54) is 4.31 Å². The van der Waals surface area contributed by atoms with Crippen LogP contribution in [-0.2, 0) is 16.2 Å². The zero-order valence-electron chi connectivity index (χ0n) is 14.8. The molecule has 0 atom stereocenters. The molecule has 1 aliphatic heterocycles. The smallest absolute Gasteiger partial charge is 0.233 e. The Labute approximate surface area is 150 Å². The summed E-state index contributed by atoms with van der Waals surface area (Å²) in [5.74, 6) is -0.226. The van der Waals surface area contributed by atoms with Gasteiger partial charge in [-0.3, -0.25) is 0 Å². The molecule has 0 unspecified atom stereocenters. The highest BCUT2D eigenvalue weighted by molar-refractivity contribution is 7.88. The molecule has 0 N–H and O–H groups in total. The monoisotopic (exact) mass is 390 g/mol. The van der Waals surface area contributed by atoms with Crippen molar-refractivity contribution in [3.63, 3.8) is 0 Å². The molecule has 0 bridgehead atoms. The van der Waals surface area contributed by atoms with E-state index in [4.69, 9.17) is 0 Å². The summed E-state index contributed by atoms with van der Waals surface area (Å²) in [6.45, 7) is 4.26. The van der Waals surface area contributed by atoms with Crippen molar-refractivity contribution in [2.45, 2.75) is 44.7 Å². The predicted octanol–water partition coefficient (Wildman–Crippen LogP) is 3.01. The predicted molar refractivity (Wildman–Crippen MR) is 90.5 cm³/mol. The molecule has 0 aromatic carbocycles. The van der Waals surface area contributed by atoms with E-state index in [-0.39, 0.29) is 17.5 Å². The van der Waals surface area contributed by atoms with Crippen LogP contribution in [0.25, 0.3) is 5.65 Å². The van der Waals surface area contributed by atoms with E-state index >= 15 is 0 Å². The number of sulfonamides is 1. The van der Waals surface area contributed by atoms with Crippen LogP contribution in [-0.4, -0.2) is 46.7 Å². The molecule has 2 aromatic rings. The van der Waals surface area contributed by atoms with Gasteiger partial charge in [-0.25, -0.2) is 22.2 Å². The summed E-state index contributed by atoms with van der Waals surface area (Å²) in [6, 6.07) is 2.63. The van der Waals surface area contributed by atoms with E-state index in [2.05, 4.69) is 10.1 Å². The minimum Gasteiger partial charge on any atom is -0.233 e. The molecular formula is C16H21F3N4O2S. The Bertz CT molecular complexity index is 913. The Kier molecular flexibility index (Phi) is 4.76. The number of hydrogen-bond acceptors (Lipinski definition) is 4. The summed E-state index contributed by atoms with van der Waals surface area (Å²) < 4.78 is 65.7. The van der Waals surface area contributed by atoms with Crippen molar-refractivity contribution in [2.24, 2.45) is 0 Å². The Balaban J connectivity index is 1.97. The van der Waals surface area contributed by atoms with Crippen LogP contribution in [0, 0.1) is 0 Å². The maximum atomic E-state index is 13.4. The second-order valence-corrected chi connectivity index (χ2v) is 8.98. The second kappa shape index (κ2) is 6.49. The van der Waals surface area contributed by atoms with Crippen LogP contribution in [0.3, 0.4) is 0 Å². The first-order valence-corrected chi connectivity index (χ1v) is 10.2. The van der Waals surface area contributed by atoms with Crippen molar-refractivity contribution < 1.29 is 21.6 Å². The Morgan fingerprint density at radius 1 is 1.19 bits per heavy atom. The van der Waals surface area contributed by atoms with Gasteiger partial charge in [0.15, 0.2) is 5.65 Å². The number of aromatic nitrogens is 3. The molecule has 26 heavy (non-hydrogen) atoms. The molecule has 0 aliphatic carbocycles. The molecule has 0 spiro atoms. The molecule has 0 amide bonds. The number of hydrogen-bond donors (Lipinski definition) is 0. The third-order valence-corrected chi connectivity index (χ3v) is 5.99. The van der Waals surface area contributed by atoms with Gasteiger partial charge in [-0.05, 0) is 24.8 Å². The lowest BCUT2D eigenvalue weighted by Gasteiger charge is -2.29. The normalized spacial score (nSPS) is 18.1. The lowest BCUT2D eigenvalue weighted by Crippen LogP contribution is -2.37. The quantitative estimate of drug-likeness (QED) is 0.808. The number of halogens is 3. The Morgan fingerprint density at radius 2 is 1.81 bits per heavy atom. The van der Waals surface area contributed by atoms with Gasteiger partial charge in [0.05, 0.1) is 11.9 Å². The third-order valence-electron chi connectivity index (χ3n) is 4.69. The maximum absolute atomic E-state index is 13.4. The van der Waals surface area contributed by atoms with Gasteiger partial charge >= 0.3 is 6.18 Å². The lowest BCUT2D eigenvalue weighted by molar-refractivity contribution is -0.142. The Hall–Kier alpha value is -1.68. The highest BCUT2D eigenvalue weighted by Gasteiger charge is 2.36. The van der Waals surface area contributed by atoms with E-state index in [1.807, 2.05) is 0 Å². The summed E-state index contributed by atoms with van der Waals surface area (Å²) in [5.41, 5.74) is 0.218. The highest BCUT2D eigenvalue weighted by Crippen LogP contribution is 2.33. The minimum atomic E-state index is -4.53. The fourth-order valence-electron chi connectivity index (χ4n) is 3.19. The molecule has 2 aromatic heterocycles. The second-order valence-electron chi connectivity index (χ2n) is 6.99. The van der Waals surface area contributed by atoms with Gasteiger partial charge in [0.1, 0.15) is 5.69 Å². The summed E-state index contributed by atoms with van der Waals surface area (Å²) in [7, 11) is -3.25. The van der Waals surface area contributed by atoms with Crippen LogP contribution in [0.5, 0.6) is 0 Å². The molecule has 3 heterocycles. The third kappa shape index (κ3) is 3.71. The molecule has 1 aliphatic rings. The van der Waals surface area contributed by atoms with Crippen LogP contribution in [0.1, 0.15) is 55.6 Å². The van der Waals surface area contributed by atoms with Crippen LogP contribution in [0.4, 0.5) is 13.2 Å². The van der Waals surface area contributed by atoms with Crippen molar-refractivity contribution >= 4 is 15.7 Å². The number of rotatable bonds is 3. The van der Waals surface area contributed by atoms with Gasteiger partial charge < -0.3 is 0 Å². The topological polar surface area (TPSA) is 67.6 Å². The molecule has 3 rings (SSSR count). The number of fused-ring (bicyclic) bond motifs is 1. The fraction of sp³-hybridized carbons (Fsp3) is 0.625. The number of nitrogens with zero attached hydrogens (tertiary/aromatic N) is 4. The standard InChI is InChI=1S/C16H21F3N4O2S/c1-10(2)12-8-14(16(17,18)19)23-15(20-12)9-13(21-23)11-4-6-22(7-5-11)26(3,24)25/h8-11H,4-7H2,1-3H3. The maximum Gasteiger partial charge on any atom is 0.433 e. The summed E-state index contributed by atoms with van der Waals surface area (Å²) in [4.78, 5) is 4.31. The summed E-state index contributed by atoms with van der Waals surface area (Å²) in [5, 5.41) is 4.16. The van der Waals surface area contributed by atoms with E-state index in [9.17, 15) is 21.6 Å². The molecule has 1 fully saturated rings. The molecule has 0 saturated carbocycles. The molecule has 6 nitrogen and oxygen atoms in total. The molecule has 144 valence electrons. The van der Waals surface area contributed by atoms with Crippen LogP contribution >= 0.6 is 0 Å². The van der Waals surface area contributed by atoms with Gasteiger partial charge in [-0.1, -0.05) is 13.8 Å². The first kappa shape index (κ1) is 19.1. The summed E-state index contributed by atoms with van der Waals surface area (Å²) >= 11 is 0. The summed E-state index contributed by atoms with van der Waals surface area (Å²) in [6.07, 6.45) is -2.33. The zero-order chi connectivity index (χ0) is 19.3. The highest BCUT2D eigenvalue weighted by atomic mass is 32.2. The van der Waals surface area contributed by atoms with Crippen molar-refractivity contribution in [1.29, 1.82) is 0 Å². The minimum absolute atomic E-state index is 0.0849. The van der Waals surface area contributed by atoms with Crippen molar-refractivity contribution in [2.75, 3.05) is 19.3 Å². The Morgan fingerprint density at radius 3 is 2.31 bits per heavy atom. The molecule has 0 radical (unpaired) electrons. The van der Waals surface area contributed by atoms with E-state index < -0.39 is 21.9 Å². The molecule has 10 heteroatoms. The van der Waals surface area contributed by atoms with Crippen LogP contribution < -0.4 is 0 Å². The van der Waals surface area contributed by atoms with E-state index in [1.54, 1.807) is 19.9 Å². The van der Waals surface area contributed by atoms with Gasteiger partial charge in [0, 0.05) is 30.8 Å². The van der Waals surface area contributed by atoms with Gasteiger partial charge in [0.25, 0.3) is 0 Å². The van der Waals surface area contributed by atoms with Crippen molar-refractivity contribution in [3.05, 3.63) is 29.2 Å². The zero-order valence-corrected chi connectivity index (χ0v) is 15.6. The molecule has 1 saturated heterocycles. The van der Waals surface area contributed by atoms with E-state index in [0.717, 1.165) is 16.8 Å². The number of alkyl halides is 3. The fourth-order valence-corrected chi connectivity index (χ4v) is 4.07. The van der Waals surface area contributed by atoms with E-state index in [0.29, 0.717) is 37.3 Å². The van der Waals surface area contributed by atoms with Crippen LogP contribution in [0.2, 0.25) is 0 Å². The lowest BCUT2D eigenvalue weighted by atomic mass is 9.95. The van der Waals surface area contributed by atoms with Gasteiger partial charge in [-0.15, -0.1) is 0 Å². The largest absolute Gasteiger partial charge is 0.433 e. The van der Waals surface area contributed by atoms with Gasteiger partial charge in [0.2, 0.25) is 10.0 Å². The number of piperidine rings is 1.